The van der Waals surface area contributed by atoms with Crippen LogP contribution in [0.3, 0.4) is 0 Å². The summed E-state index contributed by atoms with van der Waals surface area (Å²) in [4.78, 5) is 14.8. The number of carbonyl (C=O) groups excluding carboxylic acids is 1. The average Bonchev–Trinajstić information content (AvgIpc) is 3.37. The van der Waals surface area contributed by atoms with Gasteiger partial charge in [-0.25, -0.2) is 0 Å². The van der Waals surface area contributed by atoms with E-state index in [9.17, 15) is 9.90 Å². The number of aliphatic hydroxyl groups is 1. The van der Waals surface area contributed by atoms with Crippen molar-refractivity contribution in [3.05, 3.63) is 70.4 Å². The molecule has 2 aliphatic rings. The quantitative estimate of drug-likeness (QED) is 0.757. The van der Waals surface area contributed by atoms with Crippen molar-refractivity contribution in [2.45, 2.75) is 44.9 Å². The third kappa shape index (κ3) is 2.92. The van der Waals surface area contributed by atoms with E-state index < -0.39 is 6.10 Å². The first-order valence-corrected chi connectivity index (χ1v) is 9.77. The zero-order valence-corrected chi connectivity index (χ0v) is 15.5. The van der Waals surface area contributed by atoms with Crippen molar-refractivity contribution in [2.24, 2.45) is 0 Å². The van der Waals surface area contributed by atoms with Gasteiger partial charge in [-0.2, -0.15) is 5.10 Å². The Bertz CT molecular complexity index is 1010. The molecule has 0 saturated heterocycles. The summed E-state index contributed by atoms with van der Waals surface area (Å²) in [5.74, 6) is 0.787. The smallest absolute Gasteiger partial charge is 0.276 e. The van der Waals surface area contributed by atoms with Crippen LogP contribution in [0, 0.1) is 0 Å². The van der Waals surface area contributed by atoms with Crippen LogP contribution in [0.4, 0.5) is 0 Å². The molecule has 1 aliphatic heterocycles. The highest BCUT2D eigenvalue weighted by molar-refractivity contribution is 5.94. The van der Waals surface area contributed by atoms with Gasteiger partial charge < -0.3 is 14.5 Å². The Balaban J connectivity index is 1.36. The summed E-state index contributed by atoms with van der Waals surface area (Å²) in [5, 5.41) is 19.2. The molecule has 1 atom stereocenters. The Hall–Kier alpha value is -2.93. The van der Waals surface area contributed by atoms with Gasteiger partial charge in [-0.05, 0) is 30.9 Å². The number of carbonyl (C=O) groups is 1. The Labute approximate surface area is 162 Å². The fourth-order valence-electron chi connectivity index (χ4n) is 4.10. The number of hydrogen-bond acceptors (Lipinski definition) is 5. The molecule has 3 aromatic rings. The molecule has 28 heavy (non-hydrogen) atoms. The van der Waals surface area contributed by atoms with Gasteiger partial charge in [-0.1, -0.05) is 35.5 Å². The Morgan fingerprint density at radius 1 is 1.14 bits per heavy atom. The number of amides is 1. The molecule has 1 amide bonds. The van der Waals surface area contributed by atoms with Gasteiger partial charge in [0.05, 0.1) is 24.5 Å². The molecule has 0 bridgehead atoms. The van der Waals surface area contributed by atoms with Crippen LogP contribution in [0.1, 0.15) is 57.7 Å². The fourth-order valence-corrected chi connectivity index (χ4v) is 4.10. The van der Waals surface area contributed by atoms with E-state index in [0.29, 0.717) is 31.0 Å². The average molecular weight is 378 g/mol. The van der Waals surface area contributed by atoms with E-state index in [4.69, 9.17) is 4.52 Å². The normalized spacial score (nSPS) is 17.1. The molecule has 1 unspecified atom stereocenters. The summed E-state index contributed by atoms with van der Waals surface area (Å²) < 4.78 is 7.28. The van der Waals surface area contributed by atoms with Crippen LogP contribution >= 0.6 is 0 Å². The number of hydrogen-bond donors (Lipinski definition) is 1. The van der Waals surface area contributed by atoms with E-state index in [1.54, 1.807) is 4.90 Å². The molecule has 0 spiro atoms. The monoisotopic (exact) mass is 378 g/mol. The molecule has 5 rings (SSSR count). The first-order chi connectivity index (χ1) is 13.7. The zero-order chi connectivity index (χ0) is 19.1. The highest BCUT2D eigenvalue weighted by Gasteiger charge is 2.30. The van der Waals surface area contributed by atoms with Crippen molar-refractivity contribution in [1.82, 2.24) is 19.8 Å². The topological polar surface area (TPSA) is 84.4 Å². The predicted molar refractivity (Wildman–Crippen MR) is 101 cm³/mol. The van der Waals surface area contributed by atoms with Crippen LogP contribution in [-0.2, 0) is 25.9 Å². The SMILES string of the molecule is O=C(c1noc2c1CCCC2)N1CCn2nc(C(O)c3ccccc3)cc2C1. The van der Waals surface area contributed by atoms with E-state index in [2.05, 4.69) is 10.3 Å². The first kappa shape index (κ1) is 17.2. The molecular formula is C21H22N4O3. The Morgan fingerprint density at radius 3 is 2.82 bits per heavy atom. The van der Waals surface area contributed by atoms with E-state index in [1.807, 2.05) is 41.1 Å². The van der Waals surface area contributed by atoms with Crippen LogP contribution < -0.4 is 0 Å². The fraction of sp³-hybridized carbons (Fsp3) is 0.381. The van der Waals surface area contributed by atoms with Crippen molar-refractivity contribution in [3.8, 4) is 0 Å². The number of aromatic nitrogens is 3. The molecule has 0 radical (unpaired) electrons. The predicted octanol–water partition coefficient (Wildman–Crippen LogP) is 2.49. The Morgan fingerprint density at radius 2 is 1.96 bits per heavy atom. The third-order valence-corrected chi connectivity index (χ3v) is 5.65. The van der Waals surface area contributed by atoms with Gasteiger partial charge in [0.2, 0.25) is 0 Å². The molecule has 0 saturated carbocycles. The molecule has 2 aromatic heterocycles. The van der Waals surface area contributed by atoms with Crippen molar-refractivity contribution in [2.75, 3.05) is 6.54 Å². The van der Waals surface area contributed by atoms with Crippen molar-refractivity contribution in [3.63, 3.8) is 0 Å². The maximum absolute atomic E-state index is 13.0. The number of rotatable bonds is 3. The summed E-state index contributed by atoms with van der Waals surface area (Å²) in [6, 6.07) is 11.4. The van der Waals surface area contributed by atoms with Crippen molar-refractivity contribution < 1.29 is 14.4 Å². The van der Waals surface area contributed by atoms with E-state index >= 15 is 0 Å². The largest absolute Gasteiger partial charge is 0.382 e. The number of benzene rings is 1. The Kier molecular flexibility index (Phi) is 4.24. The highest BCUT2D eigenvalue weighted by atomic mass is 16.5. The minimum Gasteiger partial charge on any atom is -0.382 e. The molecule has 144 valence electrons. The lowest BCUT2D eigenvalue weighted by Crippen LogP contribution is -2.39. The lowest BCUT2D eigenvalue weighted by molar-refractivity contribution is 0.0694. The van der Waals surface area contributed by atoms with Gasteiger partial charge in [-0.3, -0.25) is 9.48 Å². The van der Waals surface area contributed by atoms with Gasteiger partial charge in [-0.15, -0.1) is 0 Å². The molecule has 1 aromatic carbocycles. The maximum atomic E-state index is 13.0. The molecule has 0 fully saturated rings. The van der Waals surface area contributed by atoms with Crippen LogP contribution in [0.5, 0.6) is 0 Å². The number of aryl methyl sites for hydroxylation is 1. The molecule has 7 heteroatoms. The van der Waals surface area contributed by atoms with Crippen molar-refractivity contribution in [1.29, 1.82) is 0 Å². The van der Waals surface area contributed by atoms with Crippen LogP contribution in [-0.4, -0.2) is 37.4 Å². The molecule has 1 aliphatic carbocycles. The van der Waals surface area contributed by atoms with Gasteiger partial charge >= 0.3 is 0 Å². The van der Waals surface area contributed by atoms with Crippen LogP contribution in [0.25, 0.3) is 0 Å². The van der Waals surface area contributed by atoms with E-state index in [0.717, 1.165) is 48.3 Å². The molecule has 3 heterocycles. The number of nitrogens with zero attached hydrogens (tertiary/aromatic N) is 4. The highest BCUT2D eigenvalue weighted by Crippen LogP contribution is 2.27. The molecule has 7 nitrogen and oxygen atoms in total. The van der Waals surface area contributed by atoms with Gasteiger partial charge in [0.15, 0.2) is 5.69 Å². The minimum absolute atomic E-state index is 0.0792. The molecular weight excluding hydrogens is 356 g/mol. The van der Waals surface area contributed by atoms with Crippen molar-refractivity contribution >= 4 is 5.91 Å². The second kappa shape index (κ2) is 6.91. The second-order valence-corrected chi connectivity index (χ2v) is 7.46. The van der Waals surface area contributed by atoms with Gasteiger partial charge in [0, 0.05) is 18.5 Å². The van der Waals surface area contributed by atoms with Gasteiger partial charge in [0.1, 0.15) is 11.9 Å². The first-order valence-electron chi connectivity index (χ1n) is 9.77. The summed E-state index contributed by atoms with van der Waals surface area (Å²) >= 11 is 0. The van der Waals surface area contributed by atoms with E-state index in [1.165, 1.54) is 0 Å². The summed E-state index contributed by atoms with van der Waals surface area (Å²) in [5.41, 5.74) is 3.78. The van der Waals surface area contributed by atoms with E-state index in [-0.39, 0.29) is 5.91 Å². The lowest BCUT2D eigenvalue weighted by atomic mass is 9.96. The summed E-state index contributed by atoms with van der Waals surface area (Å²) in [6.07, 6.45) is 3.11. The maximum Gasteiger partial charge on any atom is 0.276 e. The summed E-state index contributed by atoms with van der Waals surface area (Å²) in [7, 11) is 0. The lowest BCUT2D eigenvalue weighted by Gasteiger charge is -2.27. The minimum atomic E-state index is -0.772. The van der Waals surface area contributed by atoms with Crippen LogP contribution in [0.2, 0.25) is 0 Å². The zero-order valence-electron chi connectivity index (χ0n) is 15.5. The third-order valence-electron chi connectivity index (χ3n) is 5.65. The van der Waals surface area contributed by atoms with Gasteiger partial charge in [0.25, 0.3) is 5.91 Å². The molecule has 1 N–H and O–H groups in total. The van der Waals surface area contributed by atoms with Crippen LogP contribution in [0.15, 0.2) is 40.9 Å². The number of aliphatic hydroxyl groups excluding tert-OH is 1. The summed E-state index contributed by atoms with van der Waals surface area (Å²) in [6.45, 7) is 1.62. The second-order valence-electron chi connectivity index (χ2n) is 7.46. The standard InChI is InChI=1S/C21H22N4O3/c26-20(14-6-2-1-3-7-14)17-12-15-13-24(10-11-25(15)22-17)21(27)19-16-8-4-5-9-18(16)28-23-19/h1-3,6-7,12,20,26H,4-5,8-11,13H2. The number of fused-ring (bicyclic) bond motifs is 2.